The van der Waals surface area contributed by atoms with E-state index in [1.807, 2.05) is 26.1 Å². The van der Waals surface area contributed by atoms with Crippen LogP contribution < -0.4 is 10.6 Å². The summed E-state index contributed by atoms with van der Waals surface area (Å²) in [4.78, 5) is 12.6. The molecule has 0 fully saturated rings. The van der Waals surface area contributed by atoms with Gasteiger partial charge in [-0.2, -0.15) is 0 Å². The average Bonchev–Trinajstić information content (AvgIpc) is 2.72. The summed E-state index contributed by atoms with van der Waals surface area (Å²) in [5, 5.41) is 7.91. The minimum atomic E-state index is -0.149. The highest BCUT2D eigenvalue weighted by Gasteiger charge is 2.17. The second-order valence-electron chi connectivity index (χ2n) is 4.29. The van der Waals surface area contributed by atoms with E-state index in [0.717, 1.165) is 10.1 Å². The molecular weight excluding hydrogens is 303 g/mol. The first kappa shape index (κ1) is 14.6. The smallest absolute Gasteiger partial charge is 0.262 e. The van der Waals surface area contributed by atoms with Crippen LogP contribution in [0.5, 0.6) is 0 Å². The number of thiophene rings is 1. The van der Waals surface area contributed by atoms with Crippen LogP contribution in [0.1, 0.15) is 16.6 Å². The van der Waals surface area contributed by atoms with Crippen LogP contribution in [-0.4, -0.2) is 25.5 Å². The Bertz CT molecular complexity index is 612. The molecule has 19 heavy (non-hydrogen) atoms. The molecule has 3 nitrogen and oxygen atoms in total. The van der Waals surface area contributed by atoms with Gasteiger partial charge in [-0.1, -0.05) is 29.3 Å². The number of benzene rings is 1. The zero-order chi connectivity index (χ0) is 14.0. The summed E-state index contributed by atoms with van der Waals surface area (Å²) in [6.07, 6.45) is 0. The first-order chi connectivity index (χ1) is 9.02. The first-order valence-corrected chi connectivity index (χ1v) is 7.43. The van der Waals surface area contributed by atoms with Crippen LogP contribution in [0.25, 0.3) is 10.1 Å². The summed E-state index contributed by atoms with van der Waals surface area (Å²) in [5.41, 5.74) is 0. The summed E-state index contributed by atoms with van der Waals surface area (Å²) < 4.78 is 0.921. The molecule has 1 heterocycles. The number of carbonyl (C=O) groups excluding carboxylic acids is 1. The molecule has 1 atom stereocenters. The third kappa shape index (κ3) is 3.20. The van der Waals surface area contributed by atoms with Gasteiger partial charge in [-0.25, -0.2) is 0 Å². The number of likely N-dealkylation sites (N-methyl/N-ethyl adjacent to an activating group) is 1. The van der Waals surface area contributed by atoms with Gasteiger partial charge < -0.3 is 10.6 Å². The normalized spacial score (nSPS) is 12.6. The van der Waals surface area contributed by atoms with Crippen LogP contribution >= 0.6 is 34.5 Å². The highest BCUT2D eigenvalue weighted by molar-refractivity contribution is 7.21. The Balaban J connectivity index is 2.25. The lowest BCUT2D eigenvalue weighted by atomic mass is 10.2. The zero-order valence-electron chi connectivity index (χ0n) is 10.6. The molecule has 2 N–H and O–H groups in total. The monoisotopic (exact) mass is 316 g/mol. The molecule has 0 aliphatic rings. The Morgan fingerprint density at radius 1 is 1.42 bits per heavy atom. The number of fused-ring (bicyclic) bond motifs is 1. The number of halogens is 2. The minimum absolute atomic E-state index is 0.149. The van der Waals surface area contributed by atoms with Crippen molar-refractivity contribution in [1.82, 2.24) is 10.6 Å². The fourth-order valence-corrected chi connectivity index (χ4v) is 3.32. The van der Waals surface area contributed by atoms with Gasteiger partial charge in [0.15, 0.2) is 0 Å². The summed E-state index contributed by atoms with van der Waals surface area (Å²) in [6, 6.07) is 5.64. The van der Waals surface area contributed by atoms with Crippen molar-refractivity contribution in [1.29, 1.82) is 0 Å². The Kier molecular flexibility index (Phi) is 4.68. The van der Waals surface area contributed by atoms with Gasteiger partial charge in [-0.15, -0.1) is 11.3 Å². The summed E-state index contributed by atoms with van der Waals surface area (Å²) in [6.45, 7) is 2.55. The van der Waals surface area contributed by atoms with Gasteiger partial charge in [0.2, 0.25) is 0 Å². The fraction of sp³-hybridized carbons (Fsp3) is 0.308. The topological polar surface area (TPSA) is 41.1 Å². The standard InChI is InChI=1S/C13H14Cl2N2OS/c1-7(16-2)6-17-13(18)12-11(15)9-4-3-8(14)5-10(9)19-12/h3-5,7,16H,6H2,1-2H3,(H,17,18). The second kappa shape index (κ2) is 6.09. The Morgan fingerprint density at radius 2 is 2.16 bits per heavy atom. The number of hydrogen-bond donors (Lipinski definition) is 2. The SMILES string of the molecule is CNC(C)CNC(=O)c1sc2cc(Cl)ccc2c1Cl. The van der Waals surface area contributed by atoms with Gasteiger partial charge in [0.05, 0.1) is 5.02 Å². The Labute approximate surface area is 125 Å². The van der Waals surface area contributed by atoms with Crippen molar-refractivity contribution < 1.29 is 4.79 Å². The predicted octanol–water partition coefficient (Wildman–Crippen LogP) is 3.55. The molecule has 0 saturated heterocycles. The maximum atomic E-state index is 12.1. The van der Waals surface area contributed by atoms with Crippen LogP contribution in [0.2, 0.25) is 10.0 Å². The van der Waals surface area contributed by atoms with Crippen molar-refractivity contribution >= 4 is 50.5 Å². The van der Waals surface area contributed by atoms with Crippen molar-refractivity contribution in [2.45, 2.75) is 13.0 Å². The van der Waals surface area contributed by atoms with Gasteiger partial charge in [0.25, 0.3) is 5.91 Å². The highest BCUT2D eigenvalue weighted by atomic mass is 35.5. The lowest BCUT2D eigenvalue weighted by Gasteiger charge is -2.10. The molecule has 0 saturated carbocycles. The third-order valence-electron chi connectivity index (χ3n) is 2.86. The summed E-state index contributed by atoms with van der Waals surface area (Å²) in [7, 11) is 1.85. The summed E-state index contributed by atoms with van der Waals surface area (Å²) >= 11 is 13.5. The van der Waals surface area contributed by atoms with E-state index in [0.29, 0.717) is 21.5 Å². The molecule has 102 valence electrons. The van der Waals surface area contributed by atoms with Crippen molar-refractivity contribution in [3.63, 3.8) is 0 Å². The molecule has 2 aromatic rings. The van der Waals surface area contributed by atoms with Gasteiger partial charge in [-0.05, 0) is 26.1 Å². The average molecular weight is 317 g/mol. The lowest BCUT2D eigenvalue weighted by molar-refractivity contribution is 0.0955. The molecule has 0 spiro atoms. The second-order valence-corrected chi connectivity index (χ2v) is 6.15. The minimum Gasteiger partial charge on any atom is -0.350 e. The molecule has 2 rings (SSSR count). The van der Waals surface area contributed by atoms with Gasteiger partial charge in [-0.3, -0.25) is 4.79 Å². The third-order valence-corrected chi connectivity index (χ3v) is 4.75. The molecule has 6 heteroatoms. The molecular formula is C13H14Cl2N2OS. The number of hydrogen-bond acceptors (Lipinski definition) is 3. The maximum Gasteiger partial charge on any atom is 0.262 e. The van der Waals surface area contributed by atoms with Crippen molar-refractivity contribution in [2.24, 2.45) is 0 Å². The molecule has 0 aliphatic carbocycles. The van der Waals surface area contributed by atoms with E-state index >= 15 is 0 Å². The van der Waals surface area contributed by atoms with Crippen molar-refractivity contribution in [2.75, 3.05) is 13.6 Å². The van der Waals surface area contributed by atoms with Crippen LogP contribution in [0.3, 0.4) is 0 Å². The maximum absolute atomic E-state index is 12.1. The number of carbonyl (C=O) groups is 1. The van der Waals surface area contributed by atoms with Gasteiger partial charge >= 0.3 is 0 Å². The molecule has 1 aromatic heterocycles. The van der Waals surface area contributed by atoms with Crippen molar-refractivity contribution in [3.8, 4) is 0 Å². The van der Waals surface area contributed by atoms with Gasteiger partial charge in [0.1, 0.15) is 4.88 Å². The molecule has 0 radical (unpaired) electrons. The molecule has 1 unspecified atom stereocenters. The highest BCUT2D eigenvalue weighted by Crippen LogP contribution is 2.36. The summed E-state index contributed by atoms with van der Waals surface area (Å²) in [5.74, 6) is -0.149. The van der Waals surface area contributed by atoms with E-state index in [2.05, 4.69) is 10.6 Å². The van der Waals surface area contributed by atoms with Crippen LogP contribution in [0.4, 0.5) is 0 Å². The predicted molar refractivity (Wildman–Crippen MR) is 82.7 cm³/mol. The largest absolute Gasteiger partial charge is 0.350 e. The van der Waals surface area contributed by atoms with E-state index in [9.17, 15) is 4.79 Å². The zero-order valence-corrected chi connectivity index (χ0v) is 12.9. The van der Waals surface area contributed by atoms with Crippen LogP contribution in [-0.2, 0) is 0 Å². The van der Waals surface area contributed by atoms with E-state index in [-0.39, 0.29) is 11.9 Å². The molecule has 1 amide bonds. The van der Waals surface area contributed by atoms with E-state index < -0.39 is 0 Å². The quantitative estimate of drug-likeness (QED) is 0.905. The van der Waals surface area contributed by atoms with E-state index in [1.54, 1.807) is 6.07 Å². The molecule has 0 bridgehead atoms. The van der Waals surface area contributed by atoms with Gasteiger partial charge in [0, 0.05) is 27.7 Å². The first-order valence-electron chi connectivity index (χ1n) is 5.86. The van der Waals surface area contributed by atoms with Crippen molar-refractivity contribution in [3.05, 3.63) is 33.1 Å². The Hall–Kier alpha value is -0.810. The Morgan fingerprint density at radius 3 is 2.84 bits per heavy atom. The van der Waals surface area contributed by atoms with E-state index in [4.69, 9.17) is 23.2 Å². The number of rotatable bonds is 4. The number of amides is 1. The molecule has 0 aliphatic heterocycles. The lowest BCUT2D eigenvalue weighted by Crippen LogP contribution is -2.36. The fourth-order valence-electron chi connectivity index (χ4n) is 1.61. The molecule has 1 aromatic carbocycles. The van der Waals surface area contributed by atoms with E-state index in [1.165, 1.54) is 11.3 Å². The number of nitrogens with one attached hydrogen (secondary N) is 2. The van der Waals surface area contributed by atoms with Crippen LogP contribution in [0, 0.1) is 0 Å². The van der Waals surface area contributed by atoms with Crippen LogP contribution in [0.15, 0.2) is 18.2 Å².